The van der Waals surface area contributed by atoms with Gasteiger partial charge in [-0.2, -0.15) is 0 Å². The minimum atomic E-state index is -0.481. The fraction of sp³-hybridized carbons (Fsp3) is 0.462. The lowest BCUT2D eigenvalue weighted by Crippen LogP contribution is -2.43. The molecule has 3 nitrogen and oxygen atoms in total. The molecule has 0 bridgehead atoms. The first-order valence-electron chi connectivity index (χ1n) is 5.92. The van der Waals surface area contributed by atoms with Crippen LogP contribution < -0.4 is 10.6 Å². The Morgan fingerprint density at radius 3 is 2.41 bits per heavy atom. The van der Waals surface area contributed by atoms with E-state index < -0.39 is 6.04 Å². The summed E-state index contributed by atoms with van der Waals surface area (Å²) >= 11 is 0. The van der Waals surface area contributed by atoms with Crippen molar-refractivity contribution in [2.45, 2.75) is 32.7 Å². The van der Waals surface area contributed by atoms with Crippen molar-refractivity contribution in [1.82, 2.24) is 0 Å². The Bertz CT molecular complexity index is 364. The van der Waals surface area contributed by atoms with E-state index in [9.17, 15) is 9.18 Å². The fourth-order valence-corrected chi connectivity index (χ4v) is 1.72. The van der Waals surface area contributed by atoms with Gasteiger partial charge in [-0.3, -0.25) is 4.79 Å². The standard InChI is InChI=1S/C13H19FN2O/c1-3-5-12(15)13(17)16(4-2)11-8-6-10(14)7-9-11/h6-9,12H,3-5,15H2,1-2H3/t12-/m1/s1. The van der Waals surface area contributed by atoms with Crippen LogP contribution in [0.25, 0.3) is 0 Å². The Balaban J connectivity index is 2.84. The van der Waals surface area contributed by atoms with E-state index in [-0.39, 0.29) is 11.7 Å². The number of carbonyl (C=O) groups excluding carboxylic acids is 1. The number of halogens is 1. The summed E-state index contributed by atoms with van der Waals surface area (Å²) in [5, 5.41) is 0. The number of hydrogen-bond donors (Lipinski definition) is 1. The molecule has 0 heterocycles. The lowest BCUT2D eigenvalue weighted by atomic mass is 10.1. The first-order chi connectivity index (χ1) is 8.10. The minimum absolute atomic E-state index is 0.110. The highest BCUT2D eigenvalue weighted by atomic mass is 19.1. The predicted octanol–water partition coefficient (Wildman–Crippen LogP) is 2.31. The Morgan fingerprint density at radius 2 is 1.94 bits per heavy atom. The summed E-state index contributed by atoms with van der Waals surface area (Å²) in [5.74, 6) is -0.420. The number of rotatable bonds is 5. The number of amides is 1. The number of hydrogen-bond acceptors (Lipinski definition) is 2. The number of nitrogens with two attached hydrogens (primary N) is 1. The smallest absolute Gasteiger partial charge is 0.243 e. The van der Waals surface area contributed by atoms with Gasteiger partial charge in [-0.15, -0.1) is 0 Å². The molecular formula is C13H19FN2O. The average molecular weight is 238 g/mol. The molecule has 0 aliphatic carbocycles. The van der Waals surface area contributed by atoms with Crippen LogP contribution in [0.1, 0.15) is 26.7 Å². The summed E-state index contributed by atoms with van der Waals surface area (Å²) in [6.07, 6.45) is 1.53. The zero-order chi connectivity index (χ0) is 12.8. The molecule has 0 saturated carbocycles. The molecule has 0 aromatic heterocycles. The van der Waals surface area contributed by atoms with E-state index in [0.29, 0.717) is 18.7 Å². The molecule has 0 saturated heterocycles. The highest BCUT2D eigenvalue weighted by molar-refractivity contribution is 5.96. The molecule has 0 unspecified atom stereocenters. The normalized spacial score (nSPS) is 12.2. The van der Waals surface area contributed by atoms with Crippen LogP contribution in [-0.4, -0.2) is 18.5 Å². The molecule has 1 amide bonds. The zero-order valence-corrected chi connectivity index (χ0v) is 10.3. The van der Waals surface area contributed by atoms with Gasteiger partial charge in [0.2, 0.25) is 5.91 Å². The highest BCUT2D eigenvalue weighted by Crippen LogP contribution is 2.16. The molecule has 0 aliphatic heterocycles. The molecule has 0 spiro atoms. The second-order valence-electron chi connectivity index (χ2n) is 3.95. The van der Waals surface area contributed by atoms with Crippen LogP contribution in [0, 0.1) is 5.82 Å². The third-order valence-corrected chi connectivity index (χ3v) is 2.64. The molecule has 1 atom stereocenters. The fourth-order valence-electron chi connectivity index (χ4n) is 1.72. The van der Waals surface area contributed by atoms with Crippen molar-refractivity contribution in [3.05, 3.63) is 30.1 Å². The van der Waals surface area contributed by atoms with E-state index in [4.69, 9.17) is 5.73 Å². The van der Waals surface area contributed by atoms with E-state index in [1.54, 1.807) is 17.0 Å². The van der Waals surface area contributed by atoms with Gasteiger partial charge >= 0.3 is 0 Å². The Labute approximate surface area is 101 Å². The maximum absolute atomic E-state index is 12.8. The Kier molecular flexibility index (Phi) is 5.10. The minimum Gasteiger partial charge on any atom is -0.320 e. The van der Waals surface area contributed by atoms with Crippen molar-refractivity contribution in [3.63, 3.8) is 0 Å². The first kappa shape index (κ1) is 13.6. The highest BCUT2D eigenvalue weighted by Gasteiger charge is 2.20. The monoisotopic (exact) mass is 238 g/mol. The quantitative estimate of drug-likeness (QED) is 0.855. The molecule has 17 heavy (non-hydrogen) atoms. The number of anilines is 1. The van der Waals surface area contributed by atoms with Crippen LogP contribution >= 0.6 is 0 Å². The molecule has 2 N–H and O–H groups in total. The third-order valence-electron chi connectivity index (χ3n) is 2.64. The summed E-state index contributed by atoms with van der Waals surface area (Å²) in [7, 11) is 0. The van der Waals surface area contributed by atoms with Gasteiger partial charge in [-0.05, 0) is 37.6 Å². The maximum atomic E-state index is 12.8. The van der Waals surface area contributed by atoms with Crippen LogP contribution in [0.4, 0.5) is 10.1 Å². The molecule has 4 heteroatoms. The second kappa shape index (κ2) is 6.35. The van der Waals surface area contributed by atoms with Crippen LogP contribution in [0.5, 0.6) is 0 Å². The Morgan fingerprint density at radius 1 is 1.35 bits per heavy atom. The SMILES string of the molecule is CCC[C@@H](N)C(=O)N(CC)c1ccc(F)cc1. The van der Waals surface area contributed by atoms with Gasteiger partial charge in [0, 0.05) is 12.2 Å². The summed E-state index contributed by atoms with van der Waals surface area (Å²) in [5.41, 5.74) is 6.49. The molecular weight excluding hydrogens is 219 g/mol. The lowest BCUT2D eigenvalue weighted by Gasteiger charge is -2.24. The van der Waals surface area contributed by atoms with Crippen LogP contribution in [0.15, 0.2) is 24.3 Å². The van der Waals surface area contributed by atoms with E-state index in [0.717, 1.165) is 6.42 Å². The van der Waals surface area contributed by atoms with Crippen molar-refractivity contribution >= 4 is 11.6 Å². The summed E-state index contributed by atoms with van der Waals surface area (Å²) in [6, 6.07) is 5.39. The zero-order valence-electron chi connectivity index (χ0n) is 10.3. The van der Waals surface area contributed by atoms with Gasteiger partial charge < -0.3 is 10.6 Å². The van der Waals surface area contributed by atoms with E-state index in [2.05, 4.69) is 0 Å². The first-order valence-corrected chi connectivity index (χ1v) is 5.92. The van der Waals surface area contributed by atoms with Gasteiger partial charge in [0.05, 0.1) is 6.04 Å². The van der Waals surface area contributed by atoms with Crippen molar-refractivity contribution in [3.8, 4) is 0 Å². The summed E-state index contributed by atoms with van der Waals surface area (Å²) < 4.78 is 12.8. The molecule has 1 aromatic rings. The molecule has 1 aromatic carbocycles. The van der Waals surface area contributed by atoms with E-state index in [1.807, 2.05) is 13.8 Å². The maximum Gasteiger partial charge on any atom is 0.243 e. The van der Waals surface area contributed by atoms with E-state index >= 15 is 0 Å². The number of carbonyl (C=O) groups is 1. The second-order valence-corrected chi connectivity index (χ2v) is 3.95. The van der Waals surface area contributed by atoms with Crippen LogP contribution in [0.2, 0.25) is 0 Å². The molecule has 0 fully saturated rings. The van der Waals surface area contributed by atoms with Gasteiger partial charge in [0.15, 0.2) is 0 Å². The van der Waals surface area contributed by atoms with E-state index in [1.165, 1.54) is 12.1 Å². The number of nitrogens with zero attached hydrogens (tertiary/aromatic N) is 1. The Hall–Kier alpha value is -1.42. The van der Waals surface area contributed by atoms with Crippen molar-refractivity contribution < 1.29 is 9.18 Å². The summed E-state index contributed by atoms with van der Waals surface area (Å²) in [6.45, 7) is 4.39. The largest absolute Gasteiger partial charge is 0.320 e. The van der Waals surface area contributed by atoms with Gasteiger partial charge in [0.1, 0.15) is 5.82 Å². The number of benzene rings is 1. The lowest BCUT2D eigenvalue weighted by molar-refractivity contribution is -0.119. The van der Waals surface area contributed by atoms with Gasteiger partial charge in [-0.25, -0.2) is 4.39 Å². The van der Waals surface area contributed by atoms with Gasteiger partial charge in [0.25, 0.3) is 0 Å². The van der Waals surface area contributed by atoms with Crippen molar-refractivity contribution in [2.75, 3.05) is 11.4 Å². The van der Waals surface area contributed by atoms with Crippen LogP contribution in [0.3, 0.4) is 0 Å². The molecule has 1 rings (SSSR count). The average Bonchev–Trinajstić information content (AvgIpc) is 2.32. The topological polar surface area (TPSA) is 46.3 Å². The van der Waals surface area contributed by atoms with Crippen molar-refractivity contribution in [2.24, 2.45) is 5.73 Å². The van der Waals surface area contributed by atoms with Gasteiger partial charge in [-0.1, -0.05) is 13.3 Å². The summed E-state index contributed by atoms with van der Waals surface area (Å²) in [4.78, 5) is 13.6. The molecule has 94 valence electrons. The van der Waals surface area contributed by atoms with Crippen LogP contribution in [-0.2, 0) is 4.79 Å². The predicted molar refractivity (Wildman–Crippen MR) is 67.3 cm³/mol. The molecule has 0 radical (unpaired) electrons. The van der Waals surface area contributed by atoms with Crippen molar-refractivity contribution in [1.29, 1.82) is 0 Å². The molecule has 0 aliphatic rings. The third kappa shape index (κ3) is 3.53. The number of likely N-dealkylation sites (N-methyl/N-ethyl adjacent to an activating group) is 1.